The van der Waals surface area contributed by atoms with Crippen molar-refractivity contribution in [3.63, 3.8) is 0 Å². The van der Waals surface area contributed by atoms with Crippen LogP contribution in [0, 0.1) is 0 Å². The lowest BCUT2D eigenvalue weighted by molar-refractivity contribution is -0.140. The van der Waals surface area contributed by atoms with Crippen molar-refractivity contribution >= 4 is 50.5 Å². The van der Waals surface area contributed by atoms with Crippen LogP contribution in [0.25, 0.3) is 0 Å². The van der Waals surface area contributed by atoms with E-state index in [-0.39, 0.29) is 20.1 Å². The van der Waals surface area contributed by atoms with Gasteiger partial charge in [0.15, 0.2) is 0 Å². The van der Waals surface area contributed by atoms with E-state index in [1.807, 2.05) is 0 Å². The Morgan fingerprint density at radius 2 is 2.17 bits per heavy atom. The normalized spacial score (nSPS) is 21.3. The number of hydrogen-bond donors (Lipinski definition) is 1. The number of thiophene rings is 1. The minimum atomic E-state index is -3.90. The van der Waals surface area contributed by atoms with Gasteiger partial charge in [0.05, 0.1) is 4.34 Å². The average Bonchev–Trinajstić information content (AvgIpc) is 2.84. The number of carboxylic acid groups (broad SMARTS) is 1. The molecule has 9 heteroatoms. The lowest BCUT2D eigenvalue weighted by atomic mass is 10.2. The molecule has 1 aromatic rings. The SMILES string of the molecule is O=C(O)[C@H]1CCCN1S(=O)(=O)c1cc(Cl)sc1Cl. The van der Waals surface area contributed by atoms with E-state index < -0.39 is 22.0 Å². The molecule has 0 bridgehead atoms. The average molecular weight is 330 g/mol. The van der Waals surface area contributed by atoms with Gasteiger partial charge in [-0.3, -0.25) is 4.79 Å². The molecule has 0 radical (unpaired) electrons. The van der Waals surface area contributed by atoms with Gasteiger partial charge in [0.2, 0.25) is 10.0 Å². The molecule has 0 aliphatic carbocycles. The van der Waals surface area contributed by atoms with Crippen molar-refractivity contribution in [3.05, 3.63) is 14.7 Å². The summed E-state index contributed by atoms with van der Waals surface area (Å²) in [7, 11) is -3.90. The van der Waals surface area contributed by atoms with Crippen LogP contribution in [-0.2, 0) is 14.8 Å². The predicted molar refractivity (Wildman–Crippen MR) is 68.9 cm³/mol. The summed E-state index contributed by atoms with van der Waals surface area (Å²) < 4.78 is 25.9. The maximum Gasteiger partial charge on any atom is 0.322 e. The fraction of sp³-hybridized carbons (Fsp3) is 0.444. The van der Waals surface area contributed by atoms with Gasteiger partial charge in [-0.05, 0) is 18.9 Å². The van der Waals surface area contributed by atoms with Gasteiger partial charge in [0.25, 0.3) is 0 Å². The first kappa shape index (κ1) is 14.1. The molecule has 5 nitrogen and oxygen atoms in total. The van der Waals surface area contributed by atoms with Crippen LogP contribution in [0.1, 0.15) is 12.8 Å². The molecule has 2 rings (SSSR count). The van der Waals surface area contributed by atoms with Crippen molar-refractivity contribution in [2.45, 2.75) is 23.8 Å². The van der Waals surface area contributed by atoms with Crippen LogP contribution < -0.4 is 0 Å². The zero-order valence-electron chi connectivity index (χ0n) is 8.97. The van der Waals surface area contributed by atoms with Crippen molar-refractivity contribution < 1.29 is 18.3 Å². The molecule has 100 valence electrons. The van der Waals surface area contributed by atoms with Crippen LogP contribution in [0.4, 0.5) is 0 Å². The maximum atomic E-state index is 12.3. The van der Waals surface area contributed by atoms with Gasteiger partial charge in [0, 0.05) is 6.54 Å². The molecule has 0 amide bonds. The van der Waals surface area contributed by atoms with E-state index >= 15 is 0 Å². The molecule has 1 atom stereocenters. The van der Waals surface area contributed by atoms with Crippen LogP contribution in [0.15, 0.2) is 11.0 Å². The molecular weight excluding hydrogens is 321 g/mol. The lowest BCUT2D eigenvalue weighted by Crippen LogP contribution is -2.40. The van der Waals surface area contributed by atoms with Crippen LogP contribution in [-0.4, -0.2) is 36.4 Å². The molecule has 0 saturated carbocycles. The standard InChI is InChI=1S/C9H9Cl2NO4S2/c10-7-4-6(8(11)17-7)18(15,16)12-3-1-2-5(12)9(13)14/h4-5H,1-3H2,(H,13,14)/t5-/m1/s1. The molecule has 1 fully saturated rings. The minimum absolute atomic E-state index is 0.0519. The van der Waals surface area contributed by atoms with Crippen molar-refractivity contribution in [2.75, 3.05) is 6.54 Å². The third-order valence-corrected chi connectivity index (χ3v) is 6.36. The third kappa shape index (κ3) is 2.37. The second-order valence-corrected chi connectivity index (χ2v) is 7.95. The molecule has 2 heterocycles. The van der Waals surface area contributed by atoms with Crippen LogP contribution in [0.2, 0.25) is 8.67 Å². The second-order valence-electron chi connectivity index (χ2n) is 3.80. The molecule has 18 heavy (non-hydrogen) atoms. The Bertz CT molecular complexity index is 583. The summed E-state index contributed by atoms with van der Waals surface area (Å²) in [5.74, 6) is -1.14. The van der Waals surface area contributed by atoms with E-state index in [4.69, 9.17) is 28.3 Å². The smallest absolute Gasteiger partial charge is 0.322 e. The molecule has 0 unspecified atom stereocenters. The number of hydrogen-bond acceptors (Lipinski definition) is 4. The van der Waals surface area contributed by atoms with Crippen molar-refractivity contribution in [1.29, 1.82) is 0 Å². The molecule has 1 N–H and O–H groups in total. The zero-order chi connectivity index (χ0) is 13.5. The maximum absolute atomic E-state index is 12.3. The fourth-order valence-corrected chi connectivity index (χ4v) is 5.67. The van der Waals surface area contributed by atoms with Crippen LogP contribution in [0.5, 0.6) is 0 Å². The van der Waals surface area contributed by atoms with Crippen LogP contribution in [0.3, 0.4) is 0 Å². The number of sulfonamides is 1. The van der Waals surface area contributed by atoms with E-state index in [2.05, 4.69) is 0 Å². The van der Waals surface area contributed by atoms with Gasteiger partial charge in [0.1, 0.15) is 15.3 Å². The first-order valence-corrected chi connectivity index (χ1v) is 8.05. The number of aliphatic carboxylic acids is 1. The predicted octanol–water partition coefficient (Wildman–Crippen LogP) is 2.29. The van der Waals surface area contributed by atoms with E-state index in [9.17, 15) is 13.2 Å². The third-order valence-electron chi connectivity index (χ3n) is 2.70. The highest BCUT2D eigenvalue weighted by Crippen LogP contribution is 2.37. The largest absolute Gasteiger partial charge is 0.480 e. The Hall–Kier alpha value is -0.340. The summed E-state index contributed by atoms with van der Waals surface area (Å²) in [6.45, 7) is 0.184. The van der Waals surface area contributed by atoms with Gasteiger partial charge >= 0.3 is 5.97 Å². The van der Waals surface area contributed by atoms with E-state index in [1.54, 1.807) is 0 Å². The van der Waals surface area contributed by atoms with Gasteiger partial charge < -0.3 is 5.11 Å². The summed E-state index contributed by atoms with van der Waals surface area (Å²) in [5.41, 5.74) is 0. The Morgan fingerprint density at radius 3 is 2.67 bits per heavy atom. The second kappa shape index (κ2) is 4.97. The van der Waals surface area contributed by atoms with Crippen molar-refractivity contribution in [3.8, 4) is 0 Å². The summed E-state index contributed by atoms with van der Waals surface area (Å²) in [5, 5.41) is 9.01. The molecule has 0 spiro atoms. The highest BCUT2D eigenvalue weighted by Gasteiger charge is 2.40. The topological polar surface area (TPSA) is 74.7 Å². The van der Waals surface area contributed by atoms with Crippen molar-refractivity contribution in [2.24, 2.45) is 0 Å². The number of halogens is 2. The van der Waals surface area contributed by atoms with Crippen molar-refractivity contribution in [1.82, 2.24) is 4.31 Å². The Morgan fingerprint density at radius 1 is 1.50 bits per heavy atom. The molecule has 1 aromatic heterocycles. The first-order valence-electron chi connectivity index (χ1n) is 5.03. The summed E-state index contributed by atoms with van der Waals surface area (Å²) in [4.78, 5) is 10.9. The number of carbonyl (C=O) groups is 1. The molecule has 1 aliphatic rings. The number of carboxylic acids is 1. The lowest BCUT2D eigenvalue weighted by Gasteiger charge is -2.20. The Balaban J connectivity index is 2.43. The van der Waals surface area contributed by atoms with Gasteiger partial charge in [-0.15, -0.1) is 11.3 Å². The highest BCUT2D eigenvalue weighted by atomic mass is 35.5. The number of rotatable bonds is 3. The molecule has 1 aliphatic heterocycles. The Labute approximate surface area is 118 Å². The summed E-state index contributed by atoms with van der Waals surface area (Å²) >= 11 is 12.5. The number of nitrogens with zero attached hydrogens (tertiary/aromatic N) is 1. The zero-order valence-corrected chi connectivity index (χ0v) is 12.1. The van der Waals surface area contributed by atoms with Gasteiger partial charge in [-0.2, -0.15) is 4.31 Å². The van der Waals surface area contributed by atoms with E-state index in [1.165, 1.54) is 6.07 Å². The quantitative estimate of drug-likeness (QED) is 0.923. The monoisotopic (exact) mass is 329 g/mol. The highest BCUT2D eigenvalue weighted by molar-refractivity contribution is 7.89. The fourth-order valence-electron chi connectivity index (χ4n) is 1.90. The Kier molecular flexibility index (Phi) is 3.89. The van der Waals surface area contributed by atoms with E-state index in [0.29, 0.717) is 12.8 Å². The molecular formula is C9H9Cl2NO4S2. The van der Waals surface area contributed by atoms with Gasteiger partial charge in [-0.25, -0.2) is 8.42 Å². The summed E-state index contributed by atoms with van der Waals surface area (Å²) in [6.07, 6.45) is 0.829. The van der Waals surface area contributed by atoms with E-state index in [0.717, 1.165) is 15.6 Å². The minimum Gasteiger partial charge on any atom is -0.480 e. The van der Waals surface area contributed by atoms with Crippen LogP contribution >= 0.6 is 34.5 Å². The summed E-state index contributed by atoms with van der Waals surface area (Å²) in [6, 6.07) is 0.228. The molecule has 0 aromatic carbocycles. The first-order chi connectivity index (χ1) is 8.34. The van der Waals surface area contributed by atoms with Gasteiger partial charge in [-0.1, -0.05) is 23.2 Å². The molecule has 1 saturated heterocycles.